The zero-order valence-electron chi connectivity index (χ0n) is 10.2. The number of pyridine rings is 1. The molecule has 2 heteroatoms. The molecular weight excluding hydrogens is 210 g/mol. The summed E-state index contributed by atoms with van der Waals surface area (Å²) in [5, 5.41) is 9.77. The molecule has 0 saturated heterocycles. The van der Waals surface area contributed by atoms with E-state index in [1.807, 2.05) is 12.1 Å². The lowest BCUT2D eigenvalue weighted by molar-refractivity contribution is 0.475. The van der Waals surface area contributed by atoms with Crippen LogP contribution in [0, 0.1) is 5.92 Å². The molecule has 0 fully saturated rings. The molecule has 2 aromatic rings. The first-order valence-corrected chi connectivity index (χ1v) is 5.90. The Labute approximate surface area is 102 Å². The number of hydrogen-bond acceptors (Lipinski definition) is 2. The van der Waals surface area contributed by atoms with Crippen LogP contribution in [0.1, 0.15) is 19.4 Å². The van der Waals surface area contributed by atoms with Gasteiger partial charge in [-0.15, -0.1) is 0 Å². The maximum Gasteiger partial charge on any atom is 0.141 e. The van der Waals surface area contributed by atoms with Gasteiger partial charge in [-0.1, -0.05) is 32.0 Å². The van der Waals surface area contributed by atoms with Gasteiger partial charge in [-0.3, -0.25) is 4.98 Å². The van der Waals surface area contributed by atoms with Crippen molar-refractivity contribution in [3.8, 4) is 17.0 Å². The van der Waals surface area contributed by atoms with E-state index >= 15 is 0 Å². The van der Waals surface area contributed by atoms with Gasteiger partial charge in [0.15, 0.2) is 0 Å². The summed E-state index contributed by atoms with van der Waals surface area (Å²) >= 11 is 0. The van der Waals surface area contributed by atoms with Crippen molar-refractivity contribution in [2.45, 2.75) is 20.3 Å². The van der Waals surface area contributed by atoms with Gasteiger partial charge < -0.3 is 5.11 Å². The highest BCUT2D eigenvalue weighted by Gasteiger charge is 2.06. The lowest BCUT2D eigenvalue weighted by Gasteiger charge is -2.08. The minimum atomic E-state index is 0.231. The molecule has 0 aliphatic heterocycles. The molecule has 0 saturated carbocycles. The van der Waals surface area contributed by atoms with E-state index in [4.69, 9.17) is 0 Å². The van der Waals surface area contributed by atoms with Crippen LogP contribution in [0.5, 0.6) is 5.75 Å². The molecule has 17 heavy (non-hydrogen) atoms. The second-order valence-corrected chi connectivity index (χ2v) is 4.67. The van der Waals surface area contributed by atoms with Gasteiger partial charge in [0.1, 0.15) is 11.4 Å². The van der Waals surface area contributed by atoms with E-state index in [1.54, 1.807) is 18.3 Å². The van der Waals surface area contributed by atoms with Crippen LogP contribution in [0.25, 0.3) is 11.3 Å². The molecule has 1 heterocycles. The Hall–Kier alpha value is -1.83. The van der Waals surface area contributed by atoms with Crippen LogP contribution in [-0.2, 0) is 6.42 Å². The van der Waals surface area contributed by atoms with E-state index in [0.717, 1.165) is 12.0 Å². The van der Waals surface area contributed by atoms with Gasteiger partial charge in [-0.25, -0.2) is 0 Å². The zero-order valence-corrected chi connectivity index (χ0v) is 10.2. The Bertz CT molecular complexity index is 506. The zero-order chi connectivity index (χ0) is 12.3. The first-order valence-electron chi connectivity index (χ1n) is 5.90. The fourth-order valence-corrected chi connectivity index (χ4v) is 1.94. The van der Waals surface area contributed by atoms with E-state index in [0.29, 0.717) is 11.6 Å². The van der Waals surface area contributed by atoms with Gasteiger partial charge >= 0.3 is 0 Å². The molecular formula is C15H17NO. The summed E-state index contributed by atoms with van der Waals surface area (Å²) in [4.78, 5) is 4.22. The lowest BCUT2D eigenvalue weighted by atomic mass is 10.00. The summed E-state index contributed by atoms with van der Waals surface area (Å²) in [6.45, 7) is 4.40. The van der Waals surface area contributed by atoms with Crippen molar-refractivity contribution < 1.29 is 5.11 Å². The summed E-state index contributed by atoms with van der Waals surface area (Å²) in [7, 11) is 0. The van der Waals surface area contributed by atoms with Gasteiger partial charge in [0, 0.05) is 11.8 Å². The van der Waals surface area contributed by atoms with Crippen molar-refractivity contribution in [2.24, 2.45) is 5.92 Å². The second-order valence-electron chi connectivity index (χ2n) is 4.67. The van der Waals surface area contributed by atoms with Crippen molar-refractivity contribution in [3.63, 3.8) is 0 Å². The number of aromatic nitrogens is 1. The number of hydrogen-bond donors (Lipinski definition) is 1. The van der Waals surface area contributed by atoms with Crippen LogP contribution in [-0.4, -0.2) is 10.1 Å². The highest BCUT2D eigenvalue weighted by molar-refractivity contribution is 5.66. The van der Waals surface area contributed by atoms with E-state index in [1.165, 1.54) is 5.56 Å². The number of aromatic hydroxyl groups is 1. The Kier molecular flexibility index (Phi) is 3.43. The van der Waals surface area contributed by atoms with Crippen LogP contribution >= 0.6 is 0 Å². The Morgan fingerprint density at radius 2 is 2.00 bits per heavy atom. The quantitative estimate of drug-likeness (QED) is 0.868. The summed E-state index contributed by atoms with van der Waals surface area (Å²) in [6, 6.07) is 11.6. The molecule has 0 aliphatic rings. The predicted octanol–water partition coefficient (Wildman–Crippen LogP) is 3.65. The summed E-state index contributed by atoms with van der Waals surface area (Å²) in [5.41, 5.74) is 2.90. The third-order valence-corrected chi connectivity index (χ3v) is 2.63. The normalized spacial score (nSPS) is 10.8. The maximum atomic E-state index is 9.77. The molecule has 0 amide bonds. The standard InChI is InChI=1S/C15H17NO/c1-11(2)9-12-5-3-6-13(10-12)15-14(17)7-4-8-16-15/h3-8,10-11,17H,9H2,1-2H3. The second kappa shape index (κ2) is 5.00. The molecule has 2 nitrogen and oxygen atoms in total. The van der Waals surface area contributed by atoms with Crippen LogP contribution in [0.3, 0.4) is 0 Å². The Morgan fingerprint density at radius 3 is 2.71 bits per heavy atom. The minimum absolute atomic E-state index is 0.231. The van der Waals surface area contributed by atoms with Gasteiger partial charge in [0.25, 0.3) is 0 Å². The highest BCUT2D eigenvalue weighted by atomic mass is 16.3. The molecule has 0 bridgehead atoms. The van der Waals surface area contributed by atoms with Crippen molar-refractivity contribution in [1.82, 2.24) is 4.98 Å². The molecule has 1 aromatic carbocycles. The van der Waals surface area contributed by atoms with Crippen LogP contribution in [0.4, 0.5) is 0 Å². The van der Waals surface area contributed by atoms with Gasteiger partial charge in [0.05, 0.1) is 0 Å². The maximum absolute atomic E-state index is 9.77. The molecule has 2 rings (SSSR count). The molecule has 1 aromatic heterocycles. The number of benzene rings is 1. The van der Waals surface area contributed by atoms with E-state index in [2.05, 4.69) is 31.0 Å². The van der Waals surface area contributed by atoms with Gasteiger partial charge in [-0.2, -0.15) is 0 Å². The summed E-state index contributed by atoms with van der Waals surface area (Å²) < 4.78 is 0. The lowest BCUT2D eigenvalue weighted by Crippen LogP contribution is -1.94. The monoisotopic (exact) mass is 227 g/mol. The molecule has 1 N–H and O–H groups in total. The van der Waals surface area contributed by atoms with Crippen molar-refractivity contribution in [3.05, 3.63) is 48.2 Å². The highest BCUT2D eigenvalue weighted by Crippen LogP contribution is 2.27. The molecule has 0 atom stereocenters. The summed E-state index contributed by atoms with van der Waals surface area (Å²) in [5.74, 6) is 0.858. The molecule has 0 radical (unpaired) electrons. The topological polar surface area (TPSA) is 33.1 Å². The third-order valence-electron chi connectivity index (χ3n) is 2.63. The first kappa shape index (κ1) is 11.6. The van der Waals surface area contributed by atoms with Crippen LogP contribution in [0.15, 0.2) is 42.6 Å². The molecule has 0 spiro atoms. The van der Waals surface area contributed by atoms with E-state index < -0.39 is 0 Å². The van der Waals surface area contributed by atoms with Gasteiger partial charge in [0.2, 0.25) is 0 Å². The Morgan fingerprint density at radius 1 is 1.18 bits per heavy atom. The number of rotatable bonds is 3. The first-order chi connectivity index (χ1) is 8.16. The summed E-state index contributed by atoms with van der Waals surface area (Å²) in [6.07, 6.45) is 2.74. The van der Waals surface area contributed by atoms with Crippen molar-refractivity contribution in [2.75, 3.05) is 0 Å². The Balaban J connectivity index is 2.37. The fourth-order valence-electron chi connectivity index (χ4n) is 1.94. The van der Waals surface area contributed by atoms with Crippen LogP contribution < -0.4 is 0 Å². The molecule has 88 valence electrons. The van der Waals surface area contributed by atoms with Crippen LogP contribution in [0.2, 0.25) is 0 Å². The number of nitrogens with zero attached hydrogens (tertiary/aromatic N) is 1. The van der Waals surface area contributed by atoms with E-state index in [-0.39, 0.29) is 5.75 Å². The fraction of sp³-hybridized carbons (Fsp3) is 0.267. The van der Waals surface area contributed by atoms with Crippen molar-refractivity contribution in [1.29, 1.82) is 0 Å². The smallest absolute Gasteiger partial charge is 0.141 e. The minimum Gasteiger partial charge on any atom is -0.506 e. The average Bonchev–Trinajstić information content (AvgIpc) is 2.29. The van der Waals surface area contributed by atoms with E-state index in [9.17, 15) is 5.11 Å². The van der Waals surface area contributed by atoms with Crippen molar-refractivity contribution >= 4 is 0 Å². The average molecular weight is 227 g/mol. The molecule has 0 unspecified atom stereocenters. The third kappa shape index (κ3) is 2.84. The molecule has 0 aliphatic carbocycles. The largest absolute Gasteiger partial charge is 0.506 e. The predicted molar refractivity (Wildman–Crippen MR) is 69.9 cm³/mol. The SMILES string of the molecule is CC(C)Cc1cccc(-c2ncccc2O)c1. The van der Waals surface area contributed by atoms with Gasteiger partial charge in [-0.05, 0) is 36.1 Å².